The molecule has 7 heteroatoms. The SMILES string of the molecule is CCCc1nnsc1C(=O)Nc1cc(OC)cc2cccnc12. The molecule has 6 nitrogen and oxygen atoms in total. The second kappa shape index (κ2) is 6.70. The van der Waals surface area contributed by atoms with Crippen molar-refractivity contribution < 1.29 is 9.53 Å². The molecule has 0 atom stereocenters. The smallest absolute Gasteiger partial charge is 0.269 e. The number of amides is 1. The molecule has 0 aliphatic rings. The van der Waals surface area contributed by atoms with Crippen LogP contribution in [-0.2, 0) is 6.42 Å². The summed E-state index contributed by atoms with van der Waals surface area (Å²) in [5, 5.41) is 7.84. The number of methoxy groups -OCH3 is 1. The van der Waals surface area contributed by atoms with E-state index in [2.05, 4.69) is 19.9 Å². The number of rotatable bonds is 5. The minimum absolute atomic E-state index is 0.219. The highest BCUT2D eigenvalue weighted by molar-refractivity contribution is 7.08. The number of hydrogen-bond acceptors (Lipinski definition) is 6. The highest BCUT2D eigenvalue weighted by atomic mass is 32.1. The van der Waals surface area contributed by atoms with Crippen molar-refractivity contribution in [2.75, 3.05) is 12.4 Å². The van der Waals surface area contributed by atoms with Crippen molar-refractivity contribution in [3.8, 4) is 5.75 Å². The number of pyridine rings is 1. The summed E-state index contributed by atoms with van der Waals surface area (Å²) in [4.78, 5) is 17.5. The van der Waals surface area contributed by atoms with Crippen molar-refractivity contribution >= 4 is 34.0 Å². The average Bonchev–Trinajstić information content (AvgIpc) is 3.03. The Bertz CT molecular complexity index is 847. The lowest BCUT2D eigenvalue weighted by Crippen LogP contribution is -2.13. The number of anilines is 1. The van der Waals surface area contributed by atoms with Crippen LogP contribution in [0.4, 0.5) is 5.69 Å². The largest absolute Gasteiger partial charge is 0.497 e. The Morgan fingerprint density at radius 2 is 2.26 bits per heavy atom. The van der Waals surface area contributed by atoms with Gasteiger partial charge in [0.15, 0.2) is 0 Å². The van der Waals surface area contributed by atoms with Crippen LogP contribution in [0.3, 0.4) is 0 Å². The van der Waals surface area contributed by atoms with E-state index in [-0.39, 0.29) is 5.91 Å². The van der Waals surface area contributed by atoms with Gasteiger partial charge in [-0.2, -0.15) is 0 Å². The average molecular weight is 328 g/mol. The number of benzene rings is 1. The molecular formula is C16H16N4O2S. The molecule has 0 aliphatic heterocycles. The first-order valence-electron chi connectivity index (χ1n) is 7.28. The van der Waals surface area contributed by atoms with Crippen molar-refractivity contribution in [3.63, 3.8) is 0 Å². The van der Waals surface area contributed by atoms with Crippen molar-refractivity contribution in [1.82, 2.24) is 14.6 Å². The summed E-state index contributed by atoms with van der Waals surface area (Å²) >= 11 is 1.11. The van der Waals surface area contributed by atoms with Crippen LogP contribution in [0.1, 0.15) is 28.7 Å². The third kappa shape index (κ3) is 3.14. The second-order valence-electron chi connectivity index (χ2n) is 5.00. The predicted octanol–water partition coefficient (Wildman–Crippen LogP) is 3.30. The van der Waals surface area contributed by atoms with E-state index in [0.717, 1.165) is 41.0 Å². The van der Waals surface area contributed by atoms with Crippen molar-refractivity contribution in [1.29, 1.82) is 0 Å². The fraction of sp³-hybridized carbons (Fsp3) is 0.250. The molecule has 0 fully saturated rings. The van der Waals surface area contributed by atoms with Crippen LogP contribution in [0.25, 0.3) is 10.9 Å². The number of carbonyl (C=O) groups is 1. The summed E-state index contributed by atoms with van der Waals surface area (Å²) in [5.74, 6) is 0.445. The maximum Gasteiger partial charge on any atom is 0.269 e. The van der Waals surface area contributed by atoms with Gasteiger partial charge in [-0.15, -0.1) is 5.10 Å². The van der Waals surface area contributed by atoms with E-state index in [0.29, 0.717) is 16.3 Å². The maximum absolute atomic E-state index is 12.6. The van der Waals surface area contributed by atoms with E-state index in [1.807, 2.05) is 25.1 Å². The van der Waals surface area contributed by atoms with Crippen molar-refractivity contribution in [2.24, 2.45) is 0 Å². The minimum atomic E-state index is -0.219. The van der Waals surface area contributed by atoms with Crippen LogP contribution in [0, 0.1) is 0 Å². The van der Waals surface area contributed by atoms with Gasteiger partial charge in [0.05, 0.1) is 24.0 Å². The van der Waals surface area contributed by atoms with Crippen LogP contribution >= 0.6 is 11.5 Å². The normalized spacial score (nSPS) is 10.7. The zero-order valence-electron chi connectivity index (χ0n) is 12.9. The molecule has 0 saturated heterocycles. The predicted molar refractivity (Wildman–Crippen MR) is 90.2 cm³/mol. The number of hydrogen-bond donors (Lipinski definition) is 1. The molecule has 0 bridgehead atoms. The Hall–Kier alpha value is -2.54. The number of aryl methyl sites for hydroxylation is 1. The van der Waals surface area contributed by atoms with Crippen LogP contribution in [-0.4, -0.2) is 27.6 Å². The molecule has 0 spiro atoms. The fourth-order valence-corrected chi connectivity index (χ4v) is 2.94. The van der Waals surface area contributed by atoms with Crippen LogP contribution in [0.5, 0.6) is 5.75 Å². The van der Waals surface area contributed by atoms with Gasteiger partial charge in [-0.05, 0) is 30.1 Å². The summed E-state index contributed by atoms with van der Waals surface area (Å²) < 4.78 is 9.19. The van der Waals surface area contributed by atoms with Crippen LogP contribution in [0.2, 0.25) is 0 Å². The molecule has 0 saturated carbocycles. The molecule has 0 radical (unpaired) electrons. The Kier molecular flexibility index (Phi) is 4.47. The maximum atomic E-state index is 12.6. The van der Waals surface area contributed by atoms with Crippen LogP contribution < -0.4 is 10.1 Å². The van der Waals surface area contributed by atoms with Gasteiger partial charge in [-0.3, -0.25) is 9.78 Å². The Morgan fingerprint density at radius 1 is 1.39 bits per heavy atom. The van der Waals surface area contributed by atoms with Gasteiger partial charge in [-0.25, -0.2) is 0 Å². The first-order valence-corrected chi connectivity index (χ1v) is 8.05. The second-order valence-corrected chi connectivity index (χ2v) is 5.76. The van der Waals surface area contributed by atoms with Gasteiger partial charge in [-0.1, -0.05) is 23.9 Å². The first-order chi connectivity index (χ1) is 11.2. The minimum Gasteiger partial charge on any atom is -0.497 e. The van der Waals surface area contributed by atoms with Gasteiger partial charge in [0, 0.05) is 17.6 Å². The quantitative estimate of drug-likeness (QED) is 0.777. The summed E-state index contributed by atoms with van der Waals surface area (Å²) in [6.45, 7) is 2.04. The lowest BCUT2D eigenvalue weighted by molar-refractivity contribution is 0.102. The number of fused-ring (bicyclic) bond motifs is 1. The van der Waals surface area contributed by atoms with Gasteiger partial charge in [0.25, 0.3) is 5.91 Å². The molecule has 2 heterocycles. The number of nitrogens with zero attached hydrogens (tertiary/aromatic N) is 3. The highest BCUT2D eigenvalue weighted by Gasteiger charge is 2.17. The monoisotopic (exact) mass is 328 g/mol. The van der Waals surface area contributed by atoms with E-state index >= 15 is 0 Å². The van der Waals surface area contributed by atoms with Gasteiger partial charge >= 0.3 is 0 Å². The number of aromatic nitrogens is 3. The third-order valence-electron chi connectivity index (χ3n) is 3.41. The van der Waals surface area contributed by atoms with Gasteiger partial charge in [0.2, 0.25) is 0 Å². The van der Waals surface area contributed by atoms with E-state index in [4.69, 9.17) is 4.74 Å². The zero-order chi connectivity index (χ0) is 16.2. The molecule has 3 rings (SSSR count). The summed E-state index contributed by atoms with van der Waals surface area (Å²) in [6.07, 6.45) is 3.34. The fourth-order valence-electron chi connectivity index (χ4n) is 2.34. The van der Waals surface area contributed by atoms with Gasteiger partial charge < -0.3 is 10.1 Å². The highest BCUT2D eigenvalue weighted by Crippen LogP contribution is 2.28. The third-order valence-corrected chi connectivity index (χ3v) is 4.18. The molecule has 23 heavy (non-hydrogen) atoms. The van der Waals surface area contributed by atoms with E-state index in [1.165, 1.54) is 0 Å². The van der Waals surface area contributed by atoms with Crippen LogP contribution in [0.15, 0.2) is 30.5 Å². The Balaban J connectivity index is 1.97. The Morgan fingerprint density at radius 3 is 3.04 bits per heavy atom. The molecule has 1 amide bonds. The molecule has 2 aromatic heterocycles. The molecular weight excluding hydrogens is 312 g/mol. The first kappa shape index (κ1) is 15.4. The Labute approximate surface area is 137 Å². The van der Waals surface area contributed by atoms with Crippen molar-refractivity contribution in [3.05, 3.63) is 41.0 Å². The van der Waals surface area contributed by atoms with E-state index in [9.17, 15) is 4.79 Å². The lowest BCUT2D eigenvalue weighted by Gasteiger charge is -2.10. The number of nitrogens with one attached hydrogen (secondary N) is 1. The lowest BCUT2D eigenvalue weighted by atomic mass is 10.1. The molecule has 0 unspecified atom stereocenters. The van der Waals surface area contributed by atoms with Crippen molar-refractivity contribution in [2.45, 2.75) is 19.8 Å². The number of ether oxygens (including phenoxy) is 1. The summed E-state index contributed by atoms with van der Waals surface area (Å²) in [5.41, 5.74) is 2.06. The molecule has 1 aromatic carbocycles. The number of carbonyl (C=O) groups excluding carboxylic acids is 1. The molecule has 118 valence electrons. The molecule has 1 N–H and O–H groups in total. The van der Waals surface area contributed by atoms with Gasteiger partial charge in [0.1, 0.15) is 10.6 Å². The summed E-state index contributed by atoms with van der Waals surface area (Å²) in [7, 11) is 1.59. The molecule has 0 aliphatic carbocycles. The molecule has 3 aromatic rings. The summed E-state index contributed by atoms with van der Waals surface area (Å²) in [6, 6.07) is 7.42. The topological polar surface area (TPSA) is 77.0 Å². The zero-order valence-corrected chi connectivity index (χ0v) is 13.7. The standard InChI is InChI=1S/C16H16N4O2S/c1-3-5-12-15(23-20-19-12)16(21)18-13-9-11(22-2)8-10-6-4-7-17-14(10)13/h4,6-9H,3,5H2,1-2H3,(H,18,21). The van der Waals surface area contributed by atoms with E-state index in [1.54, 1.807) is 19.4 Å². The van der Waals surface area contributed by atoms with E-state index < -0.39 is 0 Å².